The maximum Gasteiger partial charge on any atom is 0.326 e. The Morgan fingerprint density at radius 1 is 0.923 bits per heavy atom. The molecule has 0 spiro atoms. The Bertz CT molecular complexity index is 1370. The summed E-state index contributed by atoms with van der Waals surface area (Å²) in [6, 6.07) is 19.2. The molecule has 4 rings (SSSR count). The van der Waals surface area contributed by atoms with E-state index in [-0.39, 0.29) is 18.6 Å². The number of benzene rings is 3. The summed E-state index contributed by atoms with van der Waals surface area (Å²) in [6.07, 6.45) is -0.625. The molecular weight excluding hydrogens is 561 g/mol. The summed E-state index contributed by atoms with van der Waals surface area (Å²) in [6.45, 7) is 1.88. The van der Waals surface area contributed by atoms with Gasteiger partial charge in [-0.1, -0.05) is 85.1 Å². The number of nitrogens with zero attached hydrogens (tertiary/aromatic N) is 1. The number of morpholine rings is 1. The Labute approximate surface area is 239 Å². The number of thiol groups is 1. The highest BCUT2D eigenvalue weighted by atomic mass is 35.5. The first kappa shape index (κ1) is 29.1. The Morgan fingerprint density at radius 3 is 1.97 bits per heavy atom. The molecule has 0 bridgehead atoms. The number of rotatable bonds is 10. The van der Waals surface area contributed by atoms with Gasteiger partial charge in [-0.2, -0.15) is 0 Å². The van der Waals surface area contributed by atoms with Gasteiger partial charge in [0, 0.05) is 16.5 Å². The summed E-state index contributed by atoms with van der Waals surface area (Å²) in [5.74, 6) is -1.58. The first-order valence-corrected chi connectivity index (χ1v) is 14.7. The number of carbonyl (C=O) groups excluding carboxylic acids is 1. The molecule has 1 aliphatic rings. The standard InChI is InChI=1S/C29H29Cl2NO6S/c1-2-3-24(29(34)35)32-26(20-8-12-22(30)13-9-20)27(21-10-14-23(31)15-11-21)38-25(28(32)33)16-18-4-6-19(7-5-18)17-39(36)37/h4-15,24-27,39H,2-3,16-17H2,1H3,(H,34,35)/t24-,25+,26-,27+/m1/s1. The van der Waals surface area contributed by atoms with Crippen LogP contribution >= 0.6 is 23.2 Å². The number of hydrogen-bond donors (Lipinski definition) is 2. The first-order valence-electron chi connectivity index (χ1n) is 12.6. The van der Waals surface area contributed by atoms with Crippen LogP contribution in [0.15, 0.2) is 72.8 Å². The van der Waals surface area contributed by atoms with Gasteiger partial charge in [-0.05, 0) is 52.9 Å². The molecule has 0 aromatic heterocycles. The number of hydrogen-bond acceptors (Lipinski definition) is 5. The fourth-order valence-corrected chi connectivity index (χ4v) is 5.71. The monoisotopic (exact) mass is 589 g/mol. The minimum Gasteiger partial charge on any atom is -0.480 e. The van der Waals surface area contributed by atoms with Crippen LogP contribution < -0.4 is 0 Å². The van der Waals surface area contributed by atoms with E-state index in [1.54, 1.807) is 60.7 Å². The topological polar surface area (TPSA) is 101 Å². The van der Waals surface area contributed by atoms with Crippen LogP contribution in [0.25, 0.3) is 0 Å². The molecular formula is C29H29Cl2NO6S. The second-order valence-electron chi connectivity index (χ2n) is 9.49. The lowest BCUT2D eigenvalue weighted by atomic mass is 9.88. The van der Waals surface area contributed by atoms with Crippen LogP contribution in [-0.2, 0) is 37.2 Å². The second-order valence-corrected chi connectivity index (χ2v) is 11.3. The zero-order valence-electron chi connectivity index (χ0n) is 21.2. The third-order valence-electron chi connectivity index (χ3n) is 6.78. The zero-order valence-corrected chi connectivity index (χ0v) is 23.6. The van der Waals surface area contributed by atoms with Gasteiger partial charge in [0.25, 0.3) is 5.91 Å². The lowest BCUT2D eigenvalue weighted by Crippen LogP contribution is -2.57. The molecule has 39 heavy (non-hydrogen) atoms. The normalized spacial score (nSPS) is 20.3. The maximum atomic E-state index is 14.1. The number of halogens is 2. The van der Waals surface area contributed by atoms with Crippen molar-refractivity contribution in [2.24, 2.45) is 0 Å². The number of carboxylic acid groups (broad SMARTS) is 1. The van der Waals surface area contributed by atoms with Crippen molar-refractivity contribution in [2.75, 3.05) is 0 Å². The van der Waals surface area contributed by atoms with Gasteiger partial charge in [0.2, 0.25) is 0 Å². The molecule has 10 heteroatoms. The van der Waals surface area contributed by atoms with Crippen LogP contribution in [0.5, 0.6) is 0 Å². The smallest absolute Gasteiger partial charge is 0.326 e. The summed E-state index contributed by atoms with van der Waals surface area (Å²) < 4.78 is 28.7. The second kappa shape index (κ2) is 13.0. The predicted molar refractivity (Wildman–Crippen MR) is 151 cm³/mol. The molecule has 1 fully saturated rings. The summed E-state index contributed by atoms with van der Waals surface area (Å²) in [4.78, 5) is 28.0. The van der Waals surface area contributed by atoms with Crippen molar-refractivity contribution < 1.29 is 27.9 Å². The fraction of sp³-hybridized carbons (Fsp3) is 0.310. The van der Waals surface area contributed by atoms with Crippen LogP contribution in [-0.4, -0.2) is 42.4 Å². The van der Waals surface area contributed by atoms with Crippen molar-refractivity contribution in [1.82, 2.24) is 4.90 Å². The molecule has 0 unspecified atom stereocenters. The number of aliphatic carboxylic acids is 1. The van der Waals surface area contributed by atoms with E-state index in [1.807, 2.05) is 19.1 Å². The van der Waals surface area contributed by atoms with E-state index < -0.39 is 46.9 Å². The molecule has 4 atom stereocenters. The molecule has 1 aliphatic heterocycles. The van der Waals surface area contributed by atoms with Crippen LogP contribution in [0.4, 0.5) is 0 Å². The van der Waals surface area contributed by atoms with Gasteiger partial charge in [0.05, 0.1) is 11.8 Å². The summed E-state index contributed by atoms with van der Waals surface area (Å²) >= 11 is 12.3. The van der Waals surface area contributed by atoms with Gasteiger partial charge in [0.15, 0.2) is 0 Å². The Hall–Kier alpha value is -2.91. The Kier molecular flexibility index (Phi) is 9.67. The highest BCUT2D eigenvalue weighted by Gasteiger charge is 2.48. The quantitative estimate of drug-likeness (QED) is 0.298. The van der Waals surface area contributed by atoms with E-state index in [2.05, 4.69) is 0 Å². The fourth-order valence-electron chi connectivity index (χ4n) is 4.95. The molecule has 7 nitrogen and oxygen atoms in total. The van der Waals surface area contributed by atoms with Crippen LogP contribution in [0.3, 0.4) is 0 Å². The zero-order chi connectivity index (χ0) is 28.1. The molecule has 3 aromatic rings. The molecule has 1 amide bonds. The minimum absolute atomic E-state index is 0.0685. The highest BCUT2D eigenvalue weighted by molar-refractivity contribution is 7.71. The summed E-state index contributed by atoms with van der Waals surface area (Å²) in [7, 11) is -2.56. The van der Waals surface area contributed by atoms with Gasteiger partial charge in [-0.15, -0.1) is 0 Å². The van der Waals surface area contributed by atoms with Crippen LogP contribution in [0.2, 0.25) is 10.0 Å². The van der Waals surface area contributed by atoms with E-state index in [1.165, 1.54) is 4.90 Å². The predicted octanol–water partition coefficient (Wildman–Crippen LogP) is 5.61. The minimum atomic E-state index is -2.56. The maximum absolute atomic E-state index is 14.1. The largest absolute Gasteiger partial charge is 0.480 e. The number of carbonyl (C=O) groups is 2. The average molecular weight is 591 g/mol. The van der Waals surface area contributed by atoms with Crippen molar-refractivity contribution in [1.29, 1.82) is 0 Å². The third-order valence-corrected chi connectivity index (χ3v) is 7.90. The first-order chi connectivity index (χ1) is 18.7. The van der Waals surface area contributed by atoms with Crippen LogP contribution in [0, 0.1) is 0 Å². The molecule has 1 N–H and O–H groups in total. The molecule has 0 radical (unpaired) electrons. The van der Waals surface area contributed by atoms with Crippen LogP contribution in [0.1, 0.15) is 54.2 Å². The van der Waals surface area contributed by atoms with Gasteiger partial charge in [-0.25, -0.2) is 13.2 Å². The molecule has 0 saturated carbocycles. The molecule has 3 aromatic carbocycles. The van der Waals surface area contributed by atoms with Gasteiger partial charge in [-0.3, -0.25) is 4.79 Å². The van der Waals surface area contributed by atoms with Crippen molar-refractivity contribution in [2.45, 2.75) is 56.2 Å². The molecule has 206 valence electrons. The lowest BCUT2D eigenvalue weighted by molar-refractivity contribution is -0.184. The van der Waals surface area contributed by atoms with Crippen molar-refractivity contribution >= 4 is 45.8 Å². The van der Waals surface area contributed by atoms with E-state index in [4.69, 9.17) is 27.9 Å². The lowest BCUT2D eigenvalue weighted by Gasteiger charge is -2.47. The van der Waals surface area contributed by atoms with E-state index in [0.29, 0.717) is 27.6 Å². The third kappa shape index (κ3) is 7.00. The summed E-state index contributed by atoms with van der Waals surface area (Å²) in [5.41, 5.74) is 2.85. The van der Waals surface area contributed by atoms with E-state index in [0.717, 1.165) is 11.1 Å². The number of amides is 1. The SMILES string of the molecule is CCC[C@H](C(=O)O)N1C(=O)[C@H](Cc2ccc(C[SH](=O)=O)cc2)O[C@@H](c2ccc(Cl)cc2)[C@H]1c1ccc(Cl)cc1. The van der Waals surface area contributed by atoms with Gasteiger partial charge >= 0.3 is 5.97 Å². The Balaban J connectivity index is 1.79. The molecule has 1 heterocycles. The van der Waals surface area contributed by atoms with E-state index in [9.17, 15) is 23.1 Å². The number of ether oxygens (including phenoxy) is 1. The highest BCUT2D eigenvalue weighted by Crippen LogP contribution is 2.44. The van der Waals surface area contributed by atoms with E-state index >= 15 is 0 Å². The van der Waals surface area contributed by atoms with Crippen molar-refractivity contribution in [3.05, 3.63) is 105 Å². The van der Waals surface area contributed by atoms with Crippen molar-refractivity contribution in [3.63, 3.8) is 0 Å². The van der Waals surface area contributed by atoms with Crippen molar-refractivity contribution in [3.8, 4) is 0 Å². The summed E-state index contributed by atoms with van der Waals surface area (Å²) in [5, 5.41) is 11.3. The average Bonchev–Trinajstić information content (AvgIpc) is 2.90. The Morgan fingerprint density at radius 2 is 1.46 bits per heavy atom. The number of carboxylic acids is 1. The molecule has 0 aliphatic carbocycles. The molecule has 1 saturated heterocycles. The van der Waals surface area contributed by atoms with Gasteiger partial charge in [0.1, 0.15) is 29.0 Å². The van der Waals surface area contributed by atoms with Gasteiger partial charge < -0.3 is 14.7 Å².